The Balaban J connectivity index is 0.00000182. The molecule has 1 aliphatic carbocycles. The second-order valence-corrected chi connectivity index (χ2v) is 6.58. The zero-order valence-corrected chi connectivity index (χ0v) is 15.5. The first-order chi connectivity index (χ1) is 11.6. The quantitative estimate of drug-likeness (QED) is 0.786. The molecule has 128 valence electrons. The summed E-state index contributed by atoms with van der Waals surface area (Å²) in [4.78, 5) is 6.18. The zero-order valence-electron chi connectivity index (χ0n) is 14.0. The summed E-state index contributed by atoms with van der Waals surface area (Å²) in [6, 6.07) is 7.99. The monoisotopic (exact) mass is 373 g/mol. The Morgan fingerprint density at radius 3 is 2.84 bits per heavy atom. The molecule has 2 heterocycles. The lowest BCUT2D eigenvalue weighted by Gasteiger charge is -2.16. The van der Waals surface area contributed by atoms with Crippen molar-refractivity contribution in [2.75, 3.05) is 13.7 Å². The van der Waals surface area contributed by atoms with E-state index >= 15 is 0 Å². The van der Waals surface area contributed by atoms with Crippen LogP contribution in [0.25, 0.3) is 5.57 Å². The maximum Gasteiger partial charge on any atom is 0.206 e. The Morgan fingerprint density at radius 1 is 1.36 bits per heavy atom. The number of nitriles is 1. The van der Waals surface area contributed by atoms with Crippen LogP contribution in [0.5, 0.6) is 5.75 Å². The predicted octanol–water partition coefficient (Wildman–Crippen LogP) is -0.108. The Bertz CT molecular complexity index is 919. The highest BCUT2D eigenvalue weighted by Gasteiger charge is 2.37. The molecule has 0 amide bonds. The number of hydrogen-bond acceptors (Lipinski definition) is 3. The first-order valence-electron chi connectivity index (χ1n) is 7.99. The van der Waals surface area contributed by atoms with E-state index in [-0.39, 0.29) is 12.4 Å². The fourth-order valence-corrected chi connectivity index (χ4v) is 3.92. The topological polar surface area (TPSA) is 49.8 Å². The summed E-state index contributed by atoms with van der Waals surface area (Å²) in [5, 5.41) is 10.3. The van der Waals surface area contributed by atoms with Crippen molar-refractivity contribution >= 4 is 23.0 Å². The molecule has 0 saturated carbocycles. The molecule has 1 aromatic rings. The van der Waals surface area contributed by atoms with E-state index < -0.39 is 0 Å². The Morgan fingerprint density at radius 2 is 2.16 bits per heavy atom. The standard InChI is InChI=1S/C19H16ClN3O.ClH/c1-11-14(9-21)15-10-23-7-3-4-17(23)22-19(15)18(11)13-6-5-12(24-2)8-16(13)20;/h5-6,8,10H,3-4,7H2,1-2H3;1H. The number of amidine groups is 1. The minimum atomic E-state index is 0. The van der Waals surface area contributed by atoms with Gasteiger partial charge in [0.15, 0.2) is 0 Å². The molecule has 0 spiro atoms. The number of nitrogens with one attached hydrogen (secondary N) is 1. The van der Waals surface area contributed by atoms with Gasteiger partial charge in [-0.05, 0) is 30.7 Å². The van der Waals surface area contributed by atoms with Gasteiger partial charge in [0.05, 0.1) is 35.5 Å². The van der Waals surface area contributed by atoms with Crippen LogP contribution in [-0.4, -0.2) is 19.5 Å². The maximum absolute atomic E-state index is 9.65. The van der Waals surface area contributed by atoms with Gasteiger partial charge in [-0.2, -0.15) is 10.3 Å². The van der Waals surface area contributed by atoms with Gasteiger partial charge in [0.25, 0.3) is 0 Å². The van der Waals surface area contributed by atoms with E-state index in [1.807, 2.05) is 19.1 Å². The van der Waals surface area contributed by atoms with Crippen LogP contribution in [-0.2, 0) is 0 Å². The molecule has 1 N–H and O–H groups in total. The van der Waals surface area contributed by atoms with E-state index in [1.165, 1.54) is 4.90 Å². The number of aliphatic imine (C=N–C) groups is 1. The highest BCUT2D eigenvalue weighted by Crippen LogP contribution is 2.45. The lowest BCUT2D eigenvalue weighted by atomic mass is 9.99. The van der Waals surface area contributed by atoms with Gasteiger partial charge in [0, 0.05) is 24.0 Å². The SMILES string of the molecule is COc1ccc(C2=C3N=C4CCC[NH+]4C=C3C(C#N)=C2C)c(Cl)c1.[Cl-]. The molecule has 0 aromatic heterocycles. The molecule has 1 atom stereocenters. The minimum absolute atomic E-state index is 0. The maximum atomic E-state index is 9.65. The van der Waals surface area contributed by atoms with Crippen LogP contribution in [0.3, 0.4) is 0 Å². The average molecular weight is 374 g/mol. The van der Waals surface area contributed by atoms with E-state index in [0.717, 1.165) is 53.2 Å². The summed E-state index contributed by atoms with van der Waals surface area (Å²) in [6.45, 7) is 3.02. The summed E-state index contributed by atoms with van der Waals surface area (Å²) in [7, 11) is 1.62. The summed E-state index contributed by atoms with van der Waals surface area (Å²) in [5.74, 6) is 1.87. The minimum Gasteiger partial charge on any atom is -1.00 e. The number of fused-ring (bicyclic) bond motifs is 2. The van der Waals surface area contributed by atoms with Crippen molar-refractivity contribution in [2.24, 2.45) is 4.99 Å². The van der Waals surface area contributed by atoms with E-state index in [4.69, 9.17) is 21.3 Å². The van der Waals surface area contributed by atoms with Crippen LogP contribution in [0.15, 0.2) is 51.8 Å². The molecule has 25 heavy (non-hydrogen) atoms. The second kappa shape index (κ2) is 6.68. The molecule has 1 saturated heterocycles. The Labute approximate surface area is 158 Å². The molecular formula is C19H17Cl2N3O. The van der Waals surface area contributed by atoms with Gasteiger partial charge >= 0.3 is 0 Å². The zero-order chi connectivity index (χ0) is 16.8. The molecule has 1 fully saturated rings. The molecule has 4 nitrogen and oxygen atoms in total. The number of hydrogen-bond donors (Lipinski definition) is 1. The van der Waals surface area contributed by atoms with Crippen LogP contribution in [0, 0.1) is 11.3 Å². The van der Waals surface area contributed by atoms with Gasteiger partial charge in [0.2, 0.25) is 5.84 Å². The van der Waals surface area contributed by atoms with Crippen LogP contribution in [0.4, 0.5) is 0 Å². The van der Waals surface area contributed by atoms with Crippen LogP contribution >= 0.6 is 11.6 Å². The highest BCUT2D eigenvalue weighted by atomic mass is 35.5. The molecule has 6 heteroatoms. The lowest BCUT2D eigenvalue weighted by molar-refractivity contribution is -0.739. The third-order valence-electron chi connectivity index (χ3n) is 4.86. The van der Waals surface area contributed by atoms with Crippen molar-refractivity contribution in [1.29, 1.82) is 5.26 Å². The second-order valence-electron chi connectivity index (χ2n) is 6.18. The van der Waals surface area contributed by atoms with Crippen molar-refractivity contribution in [3.63, 3.8) is 0 Å². The van der Waals surface area contributed by atoms with E-state index in [9.17, 15) is 5.26 Å². The third kappa shape index (κ3) is 2.69. The van der Waals surface area contributed by atoms with Crippen molar-refractivity contribution in [1.82, 2.24) is 0 Å². The smallest absolute Gasteiger partial charge is 0.206 e. The summed E-state index contributed by atoms with van der Waals surface area (Å²) >= 11 is 6.49. The number of quaternary nitrogens is 1. The van der Waals surface area contributed by atoms with E-state index in [0.29, 0.717) is 16.3 Å². The van der Waals surface area contributed by atoms with E-state index in [1.54, 1.807) is 13.2 Å². The Hall–Kier alpha value is -2.06. The summed E-state index contributed by atoms with van der Waals surface area (Å²) in [5.41, 5.74) is 5.33. The van der Waals surface area contributed by atoms with Crippen molar-refractivity contribution in [3.8, 4) is 11.8 Å². The first-order valence-corrected chi connectivity index (χ1v) is 8.37. The molecule has 4 rings (SSSR count). The predicted molar refractivity (Wildman–Crippen MR) is 93.8 cm³/mol. The molecule has 0 radical (unpaired) electrons. The number of halogens is 2. The number of allylic oxidation sites excluding steroid dienone is 3. The van der Waals surface area contributed by atoms with Crippen LogP contribution in [0.1, 0.15) is 25.3 Å². The van der Waals surface area contributed by atoms with Crippen molar-refractivity contribution < 1.29 is 22.0 Å². The van der Waals surface area contributed by atoms with Crippen LogP contribution in [0.2, 0.25) is 5.02 Å². The summed E-state index contributed by atoms with van der Waals surface area (Å²) < 4.78 is 5.24. The van der Waals surface area contributed by atoms with Gasteiger partial charge < -0.3 is 17.1 Å². The van der Waals surface area contributed by atoms with Gasteiger partial charge in [-0.3, -0.25) is 4.90 Å². The largest absolute Gasteiger partial charge is 1.00 e. The molecule has 0 bridgehead atoms. The number of rotatable bonds is 2. The average Bonchev–Trinajstić information content (AvgIpc) is 3.14. The van der Waals surface area contributed by atoms with Crippen molar-refractivity contribution in [3.05, 3.63) is 57.4 Å². The molecule has 3 aliphatic rings. The van der Waals surface area contributed by atoms with Gasteiger partial charge in [-0.15, -0.1) is 0 Å². The number of ether oxygens (including phenoxy) is 1. The number of nitrogens with zero attached hydrogens (tertiary/aromatic N) is 2. The van der Waals surface area contributed by atoms with Gasteiger partial charge in [-0.1, -0.05) is 11.6 Å². The molecular weight excluding hydrogens is 357 g/mol. The van der Waals surface area contributed by atoms with E-state index in [2.05, 4.69) is 12.3 Å². The summed E-state index contributed by atoms with van der Waals surface area (Å²) in [6.07, 6.45) is 4.29. The molecule has 1 aromatic carbocycles. The fraction of sp³-hybridized carbons (Fsp3) is 0.263. The highest BCUT2D eigenvalue weighted by molar-refractivity contribution is 6.33. The normalized spacial score (nSPS) is 21.1. The molecule has 2 aliphatic heterocycles. The fourth-order valence-electron chi connectivity index (χ4n) is 3.66. The number of benzene rings is 1. The number of methoxy groups -OCH3 is 1. The van der Waals surface area contributed by atoms with Crippen LogP contribution < -0.4 is 22.0 Å². The Kier molecular flexibility index (Phi) is 4.75. The lowest BCUT2D eigenvalue weighted by Crippen LogP contribution is -3.08. The van der Waals surface area contributed by atoms with Gasteiger partial charge in [0.1, 0.15) is 18.0 Å². The molecule has 1 unspecified atom stereocenters. The van der Waals surface area contributed by atoms with Crippen molar-refractivity contribution in [2.45, 2.75) is 19.8 Å². The third-order valence-corrected chi connectivity index (χ3v) is 5.18. The van der Waals surface area contributed by atoms with Gasteiger partial charge in [-0.25, -0.2) is 0 Å². The first kappa shape index (κ1) is 17.8.